The highest BCUT2D eigenvalue weighted by atomic mass is 16.1. The van der Waals surface area contributed by atoms with Gasteiger partial charge in [-0.05, 0) is 52.5 Å². The Hall–Kier alpha value is -1.36. The Balaban J connectivity index is 1.62. The number of hydrogen-bond acceptors (Lipinski definition) is 4. The molecule has 5 heteroatoms. The van der Waals surface area contributed by atoms with E-state index in [0.29, 0.717) is 11.7 Å². The van der Waals surface area contributed by atoms with Crippen LogP contribution in [0.2, 0.25) is 0 Å². The van der Waals surface area contributed by atoms with E-state index in [1.54, 1.807) is 17.0 Å². The van der Waals surface area contributed by atoms with Gasteiger partial charge in [-0.15, -0.1) is 0 Å². The first-order valence-electron chi connectivity index (χ1n) is 8.01. The maximum atomic E-state index is 12.4. The van der Waals surface area contributed by atoms with Gasteiger partial charge in [-0.1, -0.05) is 0 Å². The average molecular weight is 290 g/mol. The summed E-state index contributed by atoms with van der Waals surface area (Å²) in [5, 5.41) is 3.28. The van der Waals surface area contributed by atoms with Crippen LogP contribution >= 0.6 is 0 Å². The topological polar surface area (TPSA) is 50.2 Å². The van der Waals surface area contributed by atoms with Gasteiger partial charge < -0.3 is 14.8 Å². The molecule has 1 saturated carbocycles. The fraction of sp³-hybridized carbons (Fsp3) is 0.750. The van der Waals surface area contributed by atoms with E-state index in [1.165, 1.54) is 25.8 Å². The molecule has 116 valence electrons. The van der Waals surface area contributed by atoms with Crippen molar-refractivity contribution in [2.45, 2.75) is 51.6 Å². The molecule has 2 heterocycles. The summed E-state index contributed by atoms with van der Waals surface area (Å²) in [6.07, 6.45) is 7.44. The molecule has 1 atom stereocenters. The first kappa shape index (κ1) is 14.6. The smallest absolute Gasteiger partial charge is 0.293 e. The van der Waals surface area contributed by atoms with Gasteiger partial charge in [-0.25, -0.2) is 4.98 Å². The van der Waals surface area contributed by atoms with E-state index in [9.17, 15) is 4.79 Å². The Labute approximate surface area is 126 Å². The quantitative estimate of drug-likeness (QED) is 0.920. The van der Waals surface area contributed by atoms with Crippen LogP contribution in [0.4, 0.5) is 5.82 Å². The van der Waals surface area contributed by atoms with E-state index < -0.39 is 0 Å². The molecule has 2 fully saturated rings. The number of aromatic nitrogens is 2. The lowest BCUT2D eigenvalue weighted by Gasteiger charge is -2.22. The summed E-state index contributed by atoms with van der Waals surface area (Å²) in [5.41, 5.74) is -0.242. The Bertz CT molecular complexity index is 556. The molecule has 0 radical (unpaired) electrons. The van der Waals surface area contributed by atoms with Gasteiger partial charge in [0.05, 0.1) is 0 Å². The Morgan fingerprint density at radius 3 is 2.76 bits per heavy atom. The molecular weight excluding hydrogens is 264 g/mol. The standard InChI is InChI=1S/C16H26N4O/c1-16(2,3)20-9-7-17-14(15(20)21)18-10-12-6-8-19(11-12)13-4-5-13/h7,9,12-13H,4-6,8,10-11H2,1-3H3,(H,17,18). The van der Waals surface area contributed by atoms with Crippen molar-refractivity contribution < 1.29 is 0 Å². The molecule has 3 rings (SSSR count). The minimum atomic E-state index is -0.216. The highest BCUT2D eigenvalue weighted by molar-refractivity contribution is 5.31. The summed E-state index contributed by atoms with van der Waals surface area (Å²) < 4.78 is 1.74. The number of nitrogens with zero attached hydrogens (tertiary/aromatic N) is 3. The van der Waals surface area contributed by atoms with Gasteiger partial charge >= 0.3 is 0 Å². The lowest BCUT2D eigenvalue weighted by Crippen LogP contribution is -2.35. The second kappa shape index (κ2) is 5.44. The third kappa shape index (κ3) is 3.28. The molecule has 1 aliphatic heterocycles. The molecule has 1 aromatic rings. The van der Waals surface area contributed by atoms with E-state index >= 15 is 0 Å². The molecular formula is C16H26N4O. The van der Waals surface area contributed by atoms with Crippen molar-refractivity contribution >= 4 is 5.82 Å². The third-order valence-electron chi connectivity index (χ3n) is 4.50. The van der Waals surface area contributed by atoms with Crippen molar-refractivity contribution in [2.75, 3.05) is 25.0 Å². The summed E-state index contributed by atoms with van der Waals surface area (Å²) in [5.74, 6) is 1.12. The second-order valence-corrected chi connectivity index (χ2v) is 7.38. The van der Waals surface area contributed by atoms with Crippen LogP contribution in [0.25, 0.3) is 0 Å². The maximum absolute atomic E-state index is 12.4. The molecule has 0 bridgehead atoms. The van der Waals surface area contributed by atoms with Crippen LogP contribution in [-0.4, -0.2) is 40.1 Å². The monoisotopic (exact) mass is 290 g/mol. The van der Waals surface area contributed by atoms with Gasteiger partial charge in [0.15, 0.2) is 5.82 Å². The van der Waals surface area contributed by atoms with Crippen LogP contribution in [-0.2, 0) is 5.54 Å². The highest BCUT2D eigenvalue weighted by Crippen LogP contribution is 2.31. The Kier molecular flexibility index (Phi) is 3.78. The predicted molar refractivity (Wildman–Crippen MR) is 84.7 cm³/mol. The summed E-state index contributed by atoms with van der Waals surface area (Å²) in [6.45, 7) is 9.32. The number of nitrogens with one attached hydrogen (secondary N) is 1. The van der Waals surface area contributed by atoms with E-state index in [1.807, 2.05) is 20.8 Å². The molecule has 2 aliphatic rings. The zero-order valence-electron chi connectivity index (χ0n) is 13.3. The predicted octanol–water partition coefficient (Wildman–Crippen LogP) is 1.89. The van der Waals surface area contributed by atoms with Gasteiger partial charge in [0, 0.05) is 37.1 Å². The van der Waals surface area contributed by atoms with Crippen molar-refractivity contribution in [3.05, 3.63) is 22.7 Å². The fourth-order valence-electron chi connectivity index (χ4n) is 3.10. The van der Waals surface area contributed by atoms with Gasteiger partial charge in [0.2, 0.25) is 0 Å². The molecule has 1 N–H and O–H groups in total. The van der Waals surface area contributed by atoms with Crippen molar-refractivity contribution in [1.82, 2.24) is 14.5 Å². The molecule has 1 aliphatic carbocycles. The highest BCUT2D eigenvalue weighted by Gasteiger charge is 2.34. The molecule has 0 spiro atoms. The Morgan fingerprint density at radius 1 is 1.33 bits per heavy atom. The summed E-state index contributed by atoms with van der Waals surface area (Å²) >= 11 is 0. The summed E-state index contributed by atoms with van der Waals surface area (Å²) in [7, 11) is 0. The first-order valence-corrected chi connectivity index (χ1v) is 8.01. The zero-order chi connectivity index (χ0) is 15.0. The second-order valence-electron chi connectivity index (χ2n) is 7.38. The maximum Gasteiger partial charge on any atom is 0.293 e. The molecule has 21 heavy (non-hydrogen) atoms. The lowest BCUT2D eigenvalue weighted by molar-refractivity contribution is 0.316. The number of rotatable bonds is 4. The van der Waals surface area contributed by atoms with Crippen LogP contribution in [0.1, 0.15) is 40.0 Å². The molecule has 0 aromatic carbocycles. The Morgan fingerprint density at radius 2 is 2.10 bits per heavy atom. The van der Waals surface area contributed by atoms with Crippen molar-refractivity contribution in [3.8, 4) is 0 Å². The lowest BCUT2D eigenvalue weighted by atomic mass is 10.1. The first-order chi connectivity index (χ1) is 9.95. The number of likely N-dealkylation sites (tertiary alicyclic amines) is 1. The van der Waals surface area contributed by atoms with E-state index in [4.69, 9.17) is 0 Å². The van der Waals surface area contributed by atoms with Gasteiger partial charge in [-0.2, -0.15) is 0 Å². The third-order valence-corrected chi connectivity index (χ3v) is 4.50. The van der Waals surface area contributed by atoms with Crippen LogP contribution in [0, 0.1) is 5.92 Å². The number of anilines is 1. The van der Waals surface area contributed by atoms with Gasteiger partial charge in [-0.3, -0.25) is 4.79 Å². The molecule has 0 amide bonds. The van der Waals surface area contributed by atoms with Crippen LogP contribution in [0.15, 0.2) is 17.2 Å². The SMILES string of the molecule is CC(C)(C)n1ccnc(NCC2CCN(C3CC3)C2)c1=O. The van der Waals surface area contributed by atoms with Crippen LogP contribution in [0.5, 0.6) is 0 Å². The average Bonchev–Trinajstić information content (AvgIpc) is 3.16. The van der Waals surface area contributed by atoms with Gasteiger partial charge in [0.25, 0.3) is 5.56 Å². The molecule has 1 saturated heterocycles. The van der Waals surface area contributed by atoms with E-state index in [2.05, 4.69) is 15.2 Å². The van der Waals surface area contributed by atoms with Crippen LogP contribution in [0.3, 0.4) is 0 Å². The fourth-order valence-corrected chi connectivity index (χ4v) is 3.10. The minimum absolute atomic E-state index is 0.0259. The molecule has 5 nitrogen and oxygen atoms in total. The van der Waals surface area contributed by atoms with Crippen LogP contribution < -0.4 is 10.9 Å². The van der Waals surface area contributed by atoms with E-state index in [-0.39, 0.29) is 11.1 Å². The normalized spacial score (nSPS) is 23.5. The minimum Gasteiger partial charge on any atom is -0.365 e. The zero-order valence-corrected chi connectivity index (χ0v) is 13.3. The molecule has 1 unspecified atom stereocenters. The number of hydrogen-bond donors (Lipinski definition) is 1. The van der Waals surface area contributed by atoms with Crippen molar-refractivity contribution in [1.29, 1.82) is 0 Å². The van der Waals surface area contributed by atoms with E-state index in [0.717, 1.165) is 19.1 Å². The molecule has 1 aromatic heterocycles. The van der Waals surface area contributed by atoms with Crippen molar-refractivity contribution in [3.63, 3.8) is 0 Å². The summed E-state index contributed by atoms with van der Waals surface area (Å²) in [6, 6.07) is 0.850. The van der Waals surface area contributed by atoms with Gasteiger partial charge in [0.1, 0.15) is 0 Å². The summed E-state index contributed by atoms with van der Waals surface area (Å²) in [4.78, 5) is 19.2. The van der Waals surface area contributed by atoms with Crippen molar-refractivity contribution in [2.24, 2.45) is 5.92 Å². The largest absolute Gasteiger partial charge is 0.365 e.